The van der Waals surface area contributed by atoms with Gasteiger partial charge in [0, 0.05) is 23.0 Å². The van der Waals surface area contributed by atoms with Crippen molar-refractivity contribution in [3.8, 4) is 0 Å². The lowest BCUT2D eigenvalue weighted by Gasteiger charge is -2.33. The fourth-order valence-corrected chi connectivity index (χ4v) is 3.64. The molecule has 0 aliphatic carbocycles. The molecule has 1 N–H and O–H groups in total. The Labute approximate surface area is 182 Å². The van der Waals surface area contributed by atoms with E-state index < -0.39 is 5.54 Å². The van der Waals surface area contributed by atoms with E-state index in [1.54, 1.807) is 33.3 Å². The molecule has 3 amide bonds. The van der Waals surface area contributed by atoms with Gasteiger partial charge >= 0.3 is 6.03 Å². The van der Waals surface area contributed by atoms with Crippen LogP contribution in [0.1, 0.15) is 51.5 Å². The van der Waals surface area contributed by atoms with Crippen LogP contribution in [0.15, 0.2) is 41.8 Å². The average molecular weight is 434 g/mol. The van der Waals surface area contributed by atoms with Crippen molar-refractivity contribution in [2.75, 3.05) is 6.54 Å². The third-order valence-corrected chi connectivity index (χ3v) is 5.60. The van der Waals surface area contributed by atoms with Gasteiger partial charge < -0.3 is 15.1 Å². The molecule has 164 valence electrons. The number of rotatable bonds is 8. The van der Waals surface area contributed by atoms with Crippen LogP contribution in [0, 0.1) is 5.82 Å². The Morgan fingerprint density at radius 2 is 1.80 bits per heavy atom. The molecule has 30 heavy (non-hydrogen) atoms. The van der Waals surface area contributed by atoms with Crippen LogP contribution in [0.2, 0.25) is 0 Å². The smallest absolute Gasteiger partial charge is 0.318 e. The van der Waals surface area contributed by atoms with Crippen molar-refractivity contribution in [2.24, 2.45) is 0 Å². The van der Waals surface area contributed by atoms with E-state index in [0.717, 1.165) is 16.9 Å². The van der Waals surface area contributed by atoms with Crippen molar-refractivity contribution in [1.82, 2.24) is 15.1 Å². The van der Waals surface area contributed by atoms with Crippen LogP contribution in [-0.2, 0) is 17.9 Å². The number of benzene rings is 1. The molecule has 0 spiro atoms. The molecule has 0 bridgehead atoms. The summed E-state index contributed by atoms with van der Waals surface area (Å²) in [5.41, 5.74) is 0.451. The number of nitrogens with zero attached hydrogens (tertiary/aromatic N) is 2. The van der Waals surface area contributed by atoms with Gasteiger partial charge in [0.15, 0.2) is 0 Å². The summed E-state index contributed by atoms with van der Waals surface area (Å²) >= 11 is 1.58. The molecule has 1 aromatic heterocycles. The first kappa shape index (κ1) is 23.9. The highest BCUT2D eigenvalue weighted by Crippen LogP contribution is 2.17. The first-order valence-corrected chi connectivity index (χ1v) is 11.1. The monoisotopic (exact) mass is 433 g/mol. The second kappa shape index (κ2) is 10.6. The molecule has 0 aliphatic heterocycles. The zero-order valence-electron chi connectivity index (χ0n) is 18.4. The standard InChI is InChI=1S/C23H32FN3O2S/c1-6-17(2)27(22(29)25-23(3,4)5)16-21(28)26(15-20-8-7-13-30-20)14-18-9-11-19(24)12-10-18/h7-13,17H,6,14-16H2,1-5H3,(H,25,29). The fourth-order valence-electron chi connectivity index (χ4n) is 2.92. The lowest BCUT2D eigenvalue weighted by molar-refractivity contribution is -0.133. The zero-order valence-corrected chi connectivity index (χ0v) is 19.3. The lowest BCUT2D eigenvalue weighted by atomic mass is 10.1. The number of nitrogens with one attached hydrogen (secondary N) is 1. The van der Waals surface area contributed by atoms with E-state index in [9.17, 15) is 14.0 Å². The van der Waals surface area contributed by atoms with Crippen molar-refractivity contribution in [1.29, 1.82) is 0 Å². The highest BCUT2D eigenvalue weighted by Gasteiger charge is 2.27. The van der Waals surface area contributed by atoms with Crippen LogP contribution < -0.4 is 5.32 Å². The Balaban J connectivity index is 2.20. The van der Waals surface area contributed by atoms with Gasteiger partial charge in [0.25, 0.3) is 0 Å². The minimum Gasteiger partial charge on any atom is -0.333 e. The molecule has 0 saturated heterocycles. The summed E-state index contributed by atoms with van der Waals surface area (Å²) in [6.45, 7) is 10.5. The van der Waals surface area contributed by atoms with Gasteiger partial charge in [0.1, 0.15) is 12.4 Å². The zero-order chi connectivity index (χ0) is 22.3. The van der Waals surface area contributed by atoms with Crippen molar-refractivity contribution in [2.45, 2.75) is 65.7 Å². The summed E-state index contributed by atoms with van der Waals surface area (Å²) in [6, 6.07) is 9.76. The molecule has 0 radical (unpaired) electrons. The number of hydrogen-bond donors (Lipinski definition) is 1. The summed E-state index contributed by atoms with van der Waals surface area (Å²) in [6.07, 6.45) is 0.744. The van der Waals surface area contributed by atoms with Crippen molar-refractivity contribution in [3.05, 3.63) is 58.0 Å². The Bertz CT molecular complexity index is 816. The third-order valence-electron chi connectivity index (χ3n) is 4.74. The minimum absolute atomic E-state index is 0.0104. The van der Waals surface area contributed by atoms with Gasteiger partial charge in [-0.1, -0.05) is 25.1 Å². The molecular weight excluding hydrogens is 401 g/mol. The van der Waals surface area contributed by atoms with E-state index in [2.05, 4.69) is 5.32 Å². The fraction of sp³-hybridized carbons (Fsp3) is 0.478. The molecule has 5 nitrogen and oxygen atoms in total. The molecular formula is C23H32FN3O2S. The van der Waals surface area contributed by atoms with Crippen LogP contribution >= 0.6 is 11.3 Å². The number of carbonyl (C=O) groups excluding carboxylic acids is 2. The predicted octanol–water partition coefficient (Wildman–Crippen LogP) is 5.02. The first-order valence-electron chi connectivity index (χ1n) is 10.2. The van der Waals surface area contributed by atoms with Gasteiger partial charge in [0.05, 0.1) is 6.54 Å². The van der Waals surface area contributed by atoms with Crippen molar-refractivity contribution >= 4 is 23.3 Å². The highest BCUT2D eigenvalue weighted by molar-refractivity contribution is 7.09. The van der Waals surface area contributed by atoms with Crippen LogP contribution in [0.3, 0.4) is 0 Å². The molecule has 2 aromatic rings. The molecule has 0 saturated carbocycles. The number of carbonyl (C=O) groups is 2. The first-order chi connectivity index (χ1) is 14.1. The molecule has 1 unspecified atom stereocenters. The average Bonchev–Trinajstić information content (AvgIpc) is 3.18. The molecule has 2 rings (SSSR count). The summed E-state index contributed by atoms with van der Waals surface area (Å²) in [5, 5.41) is 4.93. The second-order valence-electron chi connectivity index (χ2n) is 8.52. The van der Waals surface area contributed by atoms with Gasteiger partial charge in [0.2, 0.25) is 5.91 Å². The normalized spacial score (nSPS) is 12.3. The Morgan fingerprint density at radius 1 is 1.13 bits per heavy atom. The van der Waals surface area contributed by atoms with E-state index in [0.29, 0.717) is 13.1 Å². The topological polar surface area (TPSA) is 52.7 Å². The van der Waals surface area contributed by atoms with Gasteiger partial charge in [-0.3, -0.25) is 4.79 Å². The maximum Gasteiger partial charge on any atom is 0.318 e. The van der Waals surface area contributed by atoms with Gasteiger partial charge in [-0.05, 0) is 63.3 Å². The Kier molecular flexibility index (Phi) is 8.41. The lowest BCUT2D eigenvalue weighted by Crippen LogP contribution is -2.54. The SMILES string of the molecule is CCC(C)N(CC(=O)N(Cc1ccc(F)cc1)Cc1cccs1)C(=O)NC(C)(C)C. The van der Waals surface area contributed by atoms with Gasteiger partial charge in [-0.25, -0.2) is 9.18 Å². The predicted molar refractivity (Wildman–Crippen MR) is 120 cm³/mol. The van der Waals surface area contributed by atoms with Crippen LogP contribution in [0.25, 0.3) is 0 Å². The van der Waals surface area contributed by atoms with E-state index in [4.69, 9.17) is 0 Å². The number of halogens is 1. The maximum absolute atomic E-state index is 13.3. The van der Waals surface area contributed by atoms with Gasteiger partial charge in [-0.15, -0.1) is 11.3 Å². The Morgan fingerprint density at radius 3 is 2.33 bits per heavy atom. The van der Waals surface area contributed by atoms with Crippen molar-refractivity contribution in [3.63, 3.8) is 0 Å². The summed E-state index contributed by atoms with van der Waals surface area (Å²) in [7, 11) is 0. The number of hydrogen-bond acceptors (Lipinski definition) is 3. The number of amides is 3. The molecule has 7 heteroatoms. The molecule has 0 fully saturated rings. The highest BCUT2D eigenvalue weighted by atomic mass is 32.1. The quantitative estimate of drug-likeness (QED) is 0.635. The summed E-state index contributed by atoms with van der Waals surface area (Å²) in [5.74, 6) is -0.450. The molecule has 1 heterocycles. The van der Waals surface area contributed by atoms with Crippen LogP contribution in [-0.4, -0.2) is 39.9 Å². The van der Waals surface area contributed by atoms with Crippen LogP contribution in [0.4, 0.5) is 9.18 Å². The van der Waals surface area contributed by atoms with E-state index >= 15 is 0 Å². The molecule has 1 aromatic carbocycles. The van der Waals surface area contributed by atoms with Gasteiger partial charge in [-0.2, -0.15) is 0 Å². The summed E-state index contributed by atoms with van der Waals surface area (Å²) < 4.78 is 13.3. The molecule has 0 aliphatic rings. The van der Waals surface area contributed by atoms with Crippen LogP contribution in [0.5, 0.6) is 0 Å². The second-order valence-corrected chi connectivity index (χ2v) is 9.55. The largest absolute Gasteiger partial charge is 0.333 e. The minimum atomic E-state index is -0.392. The molecule has 1 atom stereocenters. The number of urea groups is 1. The van der Waals surface area contributed by atoms with E-state index in [1.165, 1.54) is 12.1 Å². The van der Waals surface area contributed by atoms with E-state index in [-0.39, 0.29) is 30.3 Å². The number of thiophene rings is 1. The Hall–Kier alpha value is -2.41. The maximum atomic E-state index is 13.3. The summed E-state index contributed by atoms with van der Waals surface area (Å²) in [4.78, 5) is 30.5. The third kappa shape index (κ3) is 7.44. The van der Waals surface area contributed by atoms with E-state index in [1.807, 2.05) is 52.1 Å². The van der Waals surface area contributed by atoms with Crippen molar-refractivity contribution < 1.29 is 14.0 Å².